The zero-order valence-corrected chi connectivity index (χ0v) is 21.5. The van der Waals surface area contributed by atoms with E-state index in [2.05, 4.69) is 5.32 Å². The van der Waals surface area contributed by atoms with Gasteiger partial charge >= 0.3 is 11.9 Å². The summed E-state index contributed by atoms with van der Waals surface area (Å²) < 4.78 is 21.8. The van der Waals surface area contributed by atoms with Crippen LogP contribution >= 0.6 is 0 Å². The second-order valence-corrected chi connectivity index (χ2v) is 9.00. The first-order valence-corrected chi connectivity index (χ1v) is 12.0. The molecular weight excluding hydrogens is 450 g/mol. The third-order valence-electron chi connectivity index (χ3n) is 6.67. The molecule has 0 spiro atoms. The van der Waals surface area contributed by atoms with Gasteiger partial charge in [0.25, 0.3) is 0 Å². The Balaban J connectivity index is 2.20. The average Bonchev–Trinajstić information content (AvgIpc) is 2.83. The van der Waals surface area contributed by atoms with Gasteiger partial charge in [0.15, 0.2) is 17.3 Å². The van der Waals surface area contributed by atoms with Crippen molar-refractivity contribution in [3.05, 3.63) is 46.3 Å². The minimum atomic E-state index is -0.946. The maximum atomic E-state index is 13.8. The van der Waals surface area contributed by atoms with Gasteiger partial charge in [0.1, 0.15) is 5.92 Å². The van der Waals surface area contributed by atoms with Gasteiger partial charge in [-0.25, -0.2) is 4.79 Å². The molecule has 8 heteroatoms. The van der Waals surface area contributed by atoms with Crippen molar-refractivity contribution in [3.63, 3.8) is 0 Å². The fourth-order valence-corrected chi connectivity index (χ4v) is 4.75. The first kappa shape index (κ1) is 26.3. The van der Waals surface area contributed by atoms with Crippen molar-refractivity contribution in [3.8, 4) is 11.5 Å². The second-order valence-electron chi connectivity index (χ2n) is 9.00. The number of dihydropyridines is 1. The van der Waals surface area contributed by atoms with Crippen LogP contribution < -0.4 is 14.8 Å². The number of hydrogen-bond donors (Lipinski definition) is 1. The zero-order chi connectivity index (χ0) is 25.9. The molecule has 0 amide bonds. The molecule has 1 aliphatic heterocycles. The summed E-state index contributed by atoms with van der Waals surface area (Å²) in [6, 6.07) is 5.35. The van der Waals surface area contributed by atoms with Crippen molar-refractivity contribution in [1.82, 2.24) is 5.32 Å². The number of allylic oxidation sites excluding steroid dienone is 3. The zero-order valence-electron chi connectivity index (χ0n) is 21.5. The number of Topliss-reactive ketones (excluding diaryl/α,β-unsaturated/α-hetero) is 1. The Labute approximate surface area is 206 Å². The van der Waals surface area contributed by atoms with Crippen molar-refractivity contribution in [2.24, 2.45) is 11.8 Å². The van der Waals surface area contributed by atoms with Crippen LogP contribution in [-0.2, 0) is 23.9 Å². The van der Waals surface area contributed by atoms with E-state index in [0.717, 1.165) is 0 Å². The highest BCUT2D eigenvalue weighted by molar-refractivity contribution is 6.12. The van der Waals surface area contributed by atoms with Crippen LogP contribution in [-0.4, -0.2) is 44.7 Å². The molecule has 190 valence electrons. The molecule has 0 saturated heterocycles. The molecule has 1 N–H and O–H groups in total. The van der Waals surface area contributed by atoms with E-state index in [-0.39, 0.29) is 17.8 Å². The predicted octanol–water partition coefficient (Wildman–Crippen LogP) is 4.05. The number of methoxy groups -OCH3 is 2. The fraction of sp³-hybridized carbons (Fsp3) is 0.519. The summed E-state index contributed by atoms with van der Waals surface area (Å²) in [4.78, 5) is 39.8. The smallest absolute Gasteiger partial charge is 0.337 e. The number of nitrogens with one attached hydrogen (secondary N) is 1. The van der Waals surface area contributed by atoms with Gasteiger partial charge in [-0.2, -0.15) is 0 Å². The van der Waals surface area contributed by atoms with Gasteiger partial charge in [-0.3, -0.25) is 9.59 Å². The van der Waals surface area contributed by atoms with Crippen molar-refractivity contribution in [2.45, 2.75) is 59.5 Å². The molecule has 1 aromatic rings. The van der Waals surface area contributed by atoms with Gasteiger partial charge in [0.2, 0.25) is 0 Å². The van der Waals surface area contributed by atoms with Crippen LogP contribution in [0.2, 0.25) is 0 Å². The monoisotopic (exact) mass is 485 g/mol. The third-order valence-corrected chi connectivity index (χ3v) is 6.67. The number of hydrogen-bond acceptors (Lipinski definition) is 8. The summed E-state index contributed by atoms with van der Waals surface area (Å²) >= 11 is 0. The van der Waals surface area contributed by atoms with Crippen LogP contribution in [0.3, 0.4) is 0 Å². The maximum absolute atomic E-state index is 13.8. The second kappa shape index (κ2) is 11.0. The summed E-state index contributed by atoms with van der Waals surface area (Å²) in [5, 5.41) is 3.27. The lowest BCUT2D eigenvalue weighted by Gasteiger charge is -2.38. The van der Waals surface area contributed by atoms with Gasteiger partial charge in [0.05, 0.1) is 32.5 Å². The highest BCUT2D eigenvalue weighted by Gasteiger charge is 2.47. The van der Waals surface area contributed by atoms with Gasteiger partial charge in [-0.05, 0) is 57.2 Å². The normalized spacial score (nSPS) is 22.7. The molecule has 1 aromatic carbocycles. The molecule has 0 unspecified atom stereocenters. The van der Waals surface area contributed by atoms with E-state index in [1.54, 1.807) is 19.1 Å². The van der Waals surface area contributed by atoms with Crippen LogP contribution in [0, 0.1) is 11.8 Å². The molecule has 1 aliphatic carbocycles. The molecule has 2 aliphatic rings. The third kappa shape index (κ3) is 5.06. The number of carbonyl (C=O) groups is 3. The van der Waals surface area contributed by atoms with E-state index in [0.29, 0.717) is 59.1 Å². The Morgan fingerprint density at radius 3 is 2.49 bits per heavy atom. The van der Waals surface area contributed by atoms with Crippen molar-refractivity contribution < 1.29 is 33.3 Å². The first-order chi connectivity index (χ1) is 16.7. The standard InChI is InChI=1S/C27H35NO7/c1-8-15(4)35-27(31)22-16(5)28-18-12-14(3)21(26(30)33-7)25(29)24(18)23(22)17-10-11-19(34-9-2)20(13-17)32-6/h10-11,13-15,21,23,28H,8-9,12H2,1-7H3/t14-,15+,21-,23+/m1/s1. The Bertz CT molecular complexity index is 1070. The maximum Gasteiger partial charge on any atom is 0.337 e. The lowest BCUT2D eigenvalue weighted by Crippen LogP contribution is -2.43. The van der Waals surface area contributed by atoms with Crippen LogP contribution in [0.4, 0.5) is 0 Å². The van der Waals surface area contributed by atoms with Crippen molar-refractivity contribution in [1.29, 1.82) is 0 Å². The quantitative estimate of drug-likeness (QED) is 0.435. The van der Waals surface area contributed by atoms with Crippen LogP contribution in [0.5, 0.6) is 11.5 Å². The molecule has 35 heavy (non-hydrogen) atoms. The summed E-state index contributed by atoms with van der Waals surface area (Å²) in [7, 11) is 2.81. The molecule has 4 atom stereocenters. The molecule has 0 aromatic heterocycles. The molecule has 0 radical (unpaired) electrons. The predicted molar refractivity (Wildman–Crippen MR) is 130 cm³/mol. The minimum Gasteiger partial charge on any atom is -0.493 e. The van der Waals surface area contributed by atoms with E-state index >= 15 is 0 Å². The van der Waals surface area contributed by atoms with Crippen LogP contribution in [0.25, 0.3) is 0 Å². The van der Waals surface area contributed by atoms with E-state index in [9.17, 15) is 14.4 Å². The number of ketones is 1. The molecule has 1 heterocycles. The minimum absolute atomic E-state index is 0.252. The first-order valence-electron chi connectivity index (χ1n) is 12.0. The molecule has 0 bridgehead atoms. The average molecular weight is 486 g/mol. The Morgan fingerprint density at radius 2 is 1.89 bits per heavy atom. The summed E-state index contributed by atoms with van der Waals surface area (Å²) in [6.45, 7) is 9.75. The molecule has 0 fully saturated rings. The van der Waals surface area contributed by atoms with Gasteiger partial charge in [0, 0.05) is 22.9 Å². The van der Waals surface area contributed by atoms with Crippen molar-refractivity contribution >= 4 is 17.7 Å². The summed E-state index contributed by atoms with van der Waals surface area (Å²) in [5.41, 5.74) is 2.71. The molecular formula is C27H35NO7. The summed E-state index contributed by atoms with van der Waals surface area (Å²) in [5.74, 6) is -2.32. The number of ether oxygens (including phenoxy) is 4. The lowest BCUT2D eigenvalue weighted by atomic mass is 9.69. The van der Waals surface area contributed by atoms with Crippen LogP contribution in [0.15, 0.2) is 40.7 Å². The fourth-order valence-electron chi connectivity index (χ4n) is 4.75. The largest absolute Gasteiger partial charge is 0.493 e. The van der Waals surface area contributed by atoms with Gasteiger partial charge in [-0.15, -0.1) is 0 Å². The molecule has 8 nitrogen and oxygen atoms in total. The number of benzene rings is 1. The Kier molecular flexibility index (Phi) is 8.25. The highest BCUT2D eigenvalue weighted by Crippen LogP contribution is 2.47. The number of carbonyl (C=O) groups excluding carboxylic acids is 3. The van der Waals surface area contributed by atoms with E-state index < -0.39 is 23.8 Å². The Hall–Kier alpha value is -3.29. The molecule has 3 rings (SSSR count). The molecule has 0 saturated carbocycles. The van der Waals surface area contributed by atoms with E-state index in [1.165, 1.54) is 14.2 Å². The highest BCUT2D eigenvalue weighted by atomic mass is 16.5. The van der Waals surface area contributed by atoms with Crippen molar-refractivity contribution in [2.75, 3.05) is 20.8 Å². The van der Waals surface area contributed by atoms with E-state index in [4.69, 9.17) is 18.9 Å². The number of esters is 2. The Morgan fingerprint density at radius 1 is 1.17 bits per heavy atom. The number of rotatable bonds is 8. The SMILES string of the molecule is CCOc1ccc([C@H]2C(C(=O)O[C@@H](C)CC)=C(C)NC3=C2C(=O)[C@H](C(=O)OC)[C@H](C)C3)cc1OC. The van der Waals surface area contributed by atoms with Crippen LogP contribution in [0.1, 0.15) is 58.9 Å². The lowest BCUT2D eigenvalue weighted by molar-refractivity contribution is -0.151. The summed E-state index contributed by atoms with van der Waals surface area (Å²) in [6.07, 6.45) is 0.830. The van der Waals surface area contributed by atoms with Gasteiger partial charge < -0.3 is 24.3 Å². The topological polar surface area (TPSA) is 100 Å². The van der Waals surface area contributed by atoms with Gasteiger partial charge in [-0.1, -0.05) is 19.9 Å². The van der Waals surface area contributed by atoms with E-state index in [1.807, 2.05) is 33.8 Å².